The minimum Gasteiger partial charge on any atom is -0.256 e. The number of halogens is 7. The zero-order valence-electron chi connectivity index (χ0n) is 43.4. The van der Waals surface area contributed by atoms with Crippen molar-refractivity contribution in [2.75, 3.05) is 0 Å². The van der Waals surface area contributed by atoms with E-state index in [1.165, 1.54) is 48.5 Å². The third-order valence-electron chi connectivity index (χ3n) is 14.6. The highest BCUT2D eigenvalue weighted by Gasteiger charge is 2.23. The van der Waals surface area contributed by atoms with E-state index in [1.54, 1.807) is 48.9 Å². The van der Waals surface area contributed by atoms with Crippen LogP contribution in [0.25, 0.3) is 123 Å². The first-order chi connectivity index (χ1) is 39.3. The molecule has 81 heavy (non-hydrogen) atoms. The van der Waals surface area contributed by atoms with E-state index in [2.05, 4.69) is 22.1 Å². The highest BCUT2D eigenvalue weighted by Crippen LogP contribution is 2.46. The van der Waals surface area contributed by atoms with Crippen LogP contribution < -0.4 is 0 Å². The summed E-state index contributed by atoms with van der Waals surface area (Å²) in [4.78, 5) is 14.2. The van der Waals surface area contributed by atoms with Gasteiger partial charge in [-0.1, -0.05) is 103 Å². The number of benzene rings is 9. The number of hydrogen-bond donors (Lipinski definition) is 0. The number of rotatable bonds is 11. The summed E-state index contributed by atoms with van der Waals surface area (Å²) in [6.07, 6.45) is 4.90. The first kappa shape index (κ1) is 51.7. The molecule has 0 fully saturated rings. The lowest BCUT2D eigenvalue weighted by molar-refractivity contribution is 0.584. The van der Waals surface area contributed by atoms with Gasteiger partial charge in [-0.15, -0.1) is 0 Å². The van der Waals surface area contributed by atoms with Gasteiger partial charge in [0.05, 0.1) is 17.1 Å². The molecule has 0 bridgehead atoms. The minimum atomic E-state index is -0.783. The summed E-state index contributed by atoms with van der Waals surface area (Å²) in [5, 5.41) is 0. The molecule has 10 heteroatoms. The lowest BCUT2D eigenvalue weighted by atomic mass is 9.84. The number of aromatic nitrogens is 3. The van der Waals surface area contributed by atoms with Crippen LogP contribution in [0.3, 0.4) is 0 Å². The topological polar surface area (TPSA) is 38.7 Å². The summed E-state index contributed by atoms with van der Waals surface area (Å²) >= 11 is 0. The molecule has 0 N–H and O–H groups in total. The Labute approximate surface area is 463 Å². The van der Waals surface area contributed by atoms with Crippen LogP contribution in [-0.4, -0.2) is 15.0 Å². The second-order valence-electron chi connectivity index (χ2n) is 19.8. The average molecular weight is 1070 g/mol. The number of nitrogens with zero attached hydrogens (tertiary/aromatic N) is 3. The van der Waals surface area contributed by atoms with Crippen molar-refractivity contribution in [3.63, 3.8) is 0 Å². The Morgan fingerprint density at radius 2 is 0.556 bits per heavy atom. The molecule has 0 radical (unpaired) electrons. The third-order valence-corrected chi connectivity index (χ3v) is 14.6. The highest BCUT2D eigenvalue weighted by atomic mass is 19.2. The van der Waals surface area contributed by atoms with Crippen LogP contribution in [0.15, 0.2) is 231 Å². The summed E-state index contributed by atoms with van der Waals surface area (Å²) < 4.78 is 106. The molecule has 12 aromatic rings. The van der Waals surface area contributed by atoms with Crippen molar-refractivity contribution in [1.82, 2.24) is 15.0 Å². The lowest BCUT2D eigenvalue weighted by Gasteiger charge is -2.20. The average Bonchev–Trinajstić information content (AvgIpc) is 3.48. The molecule has 0 atom stereocenters. The fourth-order valence-electron chi connectivity index (χ4n) is 10.6. The smallest absolute Gasteiger partial charge is 0.135 e. The zero-order valence-corrected chi connectivity index (χ0v) is 43.4. The second-order valence-corrected chi connectivity index (χ2v) is 19.8. The van der Waals surface area contributed by atoms with Gasteiger partial charge in [-0.05, 0) is 194 Å². The minimum absolute atomic E-state index is 0.0967. The van der Waals surface area contributed by atoms with Crippen molar-refractivity contribution < 1.29 is 30.7 Å². The van der Waals surface area contributed by atoms with Crippen LogP contribution in [0.4, 0.5) is 30.7 Å². The van der Waals surface area contributed by atoms with E-state index in [9.17, 15) is 8.78 Å². The Hall–Kier alpha value is -10.1. The van der Waals surface area contributed by atoms with Crippen molar-refractivity contribution in [2.45, 2.75) is 13.8 Å². The molecule has 0 spiro atoms. The van der Waals surface area contributed by atoms with Gasteiger partial charge >= 0.3 is 0 Å². The summed E-state index contributed by atoms with van der Waals surface area (Å²) in [7, 11) is 0. The van der Waals surface area contributed by atoms with Gasteiger partial charge in [-0.2, -0.15) is 0 Å². The standard InChI is InChI=1S/C71H44F7N3/c1-41-27-70(58-25-20-53(75)35-67(58)77)80-38-64(41)55-22-17-50(72)32-60(55)47-29-48(61-33-51(73)18-23-56(61)65-39-81-71(28-42(65)2)59-26-21-54(76)36-68(59)78)31-49(30-47)62-34-52(74)19-24-57(62)66-40-79-69(46-11-7-4-8-12-46)37-63(66)45-15-13-44(14-16-45)43-9-5-3-6-10-43/h3-40H,1-2H3. The summed E-state index contributed by atoms with van der Waals surface area (Å²) in [5.74, 6) is -4.70. The van der Waals surface area contributed by atoms with Gasteiger partial charge in [0.1, 0.15) is 40.7 Å². The van der Waals surface area contributed by atoms with Crippen molar-refractivity contribution in [3.8, 4) is 123 Å². The van der Waals surface area contributed by atoms with E-state index in [4.69, 9.17) is 4.98 Å². The first-order valence-electron chi connectivity index (χ1n) is 25.9. The van der Waals surface area contributed by atoms with E-state index in [-0.39, 0.29) is 22.5 Å². The highest BCUT2D eigenvalue weighted by molar-refractivity contribution is 5.97. The van der Waals surface area contributed by atoms with E-state index >= 15 is 22.0 Å². The van der Waals surface area contributed by atoms with Gasteiger partial charge in [-0.3, -0.25) is 15.0 Å². The molecule has 3 heterocycles. The van der Waals surface area contributed by atoms with Gasteiger partial charge in [0.2, 0.25) is 0 Å². The third kappa shape index (κ3) is 10.4. The predicted molar refractivity (Wildman–Crippen MR) is 309 cm³/mol. The van der Waals surface area contributed by atoms with E-state index in [1.807, 2.05) is 111 Å². The van der Waals surface area contributed by atoms with Gasteiger partial charge in [0.25, 0.3) is 0 Å². The lowest BCUT2D eigenvalue weighted by Crippen LogP contribution is -1.97. The van der Waals surface area contributed by atoms with Crippen LogP contribution in [0.1, 0.15) is 11.1 Å². The Kier molecular flexibility index (Phi) is 13.8. The van der Waals surface area contributed by atoms with Gasteiger partial charge in [0.15, 0.2) is 0 Å². The normalized spacial score (nSPS) is 11.3. The van der Waals surface area contributed by atoms with Crippen molar-refractivity contribution in [1.29, 1.82) is 0 Å². The quantitative estimate of drug-likeness (QED) is 0.121. The van der Waals surface area contributed by atoms with Crippen LogP contribution in [-0.2, 0) is 0 Å². The molecule has 0 aliphatic heterocycles. The molecule has 3 aromatic heterocycles. The van der Waals surface area contributed by atoms with Crippen LogP contribution in [0, 0.1) is 54.6 Å². The largest absolute Gasteiger partial charge is 0.256 e. The maximum absolute atomic E-state index is 16.3. The molecular formula is C71H44F7N3. The fourth-order valence-corrected chi connectivity index (χ4v) is 10.6. The molecule has 0 saturated carbocycles. The predicted octanol–water partition coefficient (Wildman–Crippen LogP) is 19.8. The summed E-state index contributed by atoms with van der Waals surface area (Å²) in [6.45, 7) is 3.62. The fraction of sp³-hybridized carbons (Fsp3) is 0.0282. The van der Waals surface area contributed by atoms with Crippen molar-refractivity contribution in [3.05, 3.63) is 283 Å². The van der Waals surface area contributed by atoms with E-state index in [0.717, 1.165) is 52.1 Å². The molecule has 12 rings (SSSR count). The van der Waals surface area contributed by atoms with E-state index in [0.29, 0.717) is 83.6 Å². The Balaban J connectivity index is 1.08. The summed E-state index contributed by atoms with van der Waals surface area (Å²) in [6, 6.07) is 58.6. The van der Waals surface area contributed by atoms with Gasteiger partial charge < -0.3 is 0 Å². The molecule has 0 saturated heterocycles. The molecule has 0 amide bonds. The van der Waals surface area contributed by atoms with Crippen LogP contribution >= 0.6 is 0 Å². The zero-order chi connectivity index (χ0) is 55.9. The van der Waals surface area contributed by atoms with Gasteiger partial charge in [0, 0.05) is 64.1 Å². The van der Waals surface area contributed by atoms with Crippen molar-refractivity contribution in [2.24, 2.45) is 0 Å². The van der Waals surface area contributed by atoms with Crippen LogP contribution in [0.5, 0.6) is 0 Å². The van der Waals surface area contributed by atoms with Crippen molar-refractivity contribution >= 4 is 0 Å². The Morgan fingerprint density at radius 3 is 0.975 bits per heavy atom. The SMILES string of the molecule is Cc1cc(-c2ccc(F)cc2F)ncc1-c1ccc(F)cc1-c1cc(-c2cc(F)ccc2-c2cnc(-c3ccc(F)cc3F)cc2C)cc(-c2cc(F)ccc2-c2cnc(-c3ccccc3)cc2-c2ccc(-c3ccccc3)cc2)c1. The molecule has 3 nitrogen and oxygen atoms in total. The maximum atomic E-state index is 16.3. The Bertz CT molecular complexity index is 4220. The monoisotopic (exact) mass is 1070 g/mol. The molecule has 0 unspecified atom stereocenters. The van der Waals surface area contributed by atoms with Gasteiger partial charge in [-0.25, -0.2) is 30.7 Å². The molecule has 0 aliphatic rings. The van der Waals surface area contributed by atoms with Crippen LogP contribution in [0.2, 0.25) is 0 Å². The number of hydrogen-bond acceptors (Lipinski definition) is 3. The summed E-state index contributed by atoms with van der Waals surface area (Å²) in [5.41, 5.74) is 13.5. The first-order valence-corrected chi connectivity index (χ1v) is 25.9. The maximum Gasteiger partial charge on any atom is 0.135 e. The molecule has 392 valence electrons. The molecule has 0 aliphatic carbocycles. The van der Waals surface area contributed by atoms with E-state index < -0.39 is 40.7 Å². The number of pyridine rings is 3. The Morgan fingerprint density at radius 1 is 0.222 bits per heavy atom. The second kappa shape index (κ2) is 21.6. The molecule has 9 aromatic carbocycles. The number of aryl methyl sites for hydroxylation is 2. The molecular weight excluding hydrogens is 1030 g/mol.